The number of likely N-dealkylation sites (N-methyl/N-ethyl adjacent to an activating group) is 1. The maximum Gasteiger partial charge on any atom is 0.286 e. The van der Waals surface area contributed by atoms with Crippen LogP contribution in [0.2, 0.25) is 0 Å². The van der Waals surface area contributed by atoms with Gasteiger partial charge in [-0.15, -0.1) is 11.8 Å². The molecule has 0 unspecified atom stereocenters. The van der Waals surface area contributed by atoms with Crippen LogP contribution in [0.25, 0.3) is 0 Å². The second-order valence-electron chi connectivity index (χ2n) is 3.16. The highest BCUT2D eigenvalue weighted by molar-refractivity contribution is 7.98. The summed E-state index contributed by atoms with van der Waals surface area (Å²) in [6, 6.07) is 7.92. The molecule has 1 rings (SSSR count). The van der Waals surface area contributed by atoms with Crippen LogP contribution in [0.3, 0.4) is 0 Å². The van der Waals surface area contributed by atoms with Gasteiger partial charge in [-0.3, -0.25) is 9.59 Å². The molecule has 0 bridgehead atoms. The number of thioether (sulfide) groups is 1. The van der Waals surface area contributed by atoms with Crippen LogP contribution in [0.4, 0.5) is 0 Å². The fraction of sp³-hybridized carbons (Fsp3) is 0.273. The zero-order valence-corrected chi connectivity index (χ0v) is 9.58. The van der Waals surface area contributed by atoms with Gasteiger partial charge in [0.2, 0.25) is 6.29 Å². The number of amides is 1. The Kier molecular flexibility index (Phi) is 4.37. The highest BCUT2D eigenvalue weighted by Crippen LogP contribution is 2.15. The van der Waals surface area contributed by atoms with E-state index in [4.69, 9.17) is 0 Å². The number of carbonyl (C=O) groups excluding carboxylic acids is 2. The molecular formula is C11H13NO2S. The molecule has 0 radical (unpaired) electrons. The van der Waals surface area contributed by atoms with E-state index in [1.807, 2.05) is 30.5 Å². The predicted molar refractivity (Wildman–Crippen MR) is 60.8 cm³/mol. The first-order chi connectivity index (χ1) is 7.17. The molecule has 0 aliphatic carbocycles. The summed E-state index contributed by atoms with van der Waals surface area (Å²) in [5, 5.41) is 0. The first-order valence-electron chi connectivity index (χ1n) is 4.50. The minimum atomic E-state index is -0.496. The van der Waals surface area contributed by atoms with E-state index >= 15 is 0 Å². The van der Waals surface area contributed by atoms with Crippen LogP contribution < -0.4 is 0 Å². The van der Waals surface area contributed by atoms with Crippen molar-refractivity contribution in [2.75, 3.05) is 13.3 Å². The van der Waals surface area contributed by atoms with Crippen LogP contribution in [0.1, 0.15) is 5.56 Å². The molecule has 0 atom stereocenters. The second-order valence-corrected chi connectivity index (χ2v) is 4.04. The molecule has 0 saturated heterocycles. The van der Waals surface area contributed by atoms with Crippen LogP contribution in [0.15, 0.2) is 29.2 Å². The summed E-state index contributed by atoms with van der Waals surface area (Å²) in [4.78, 5) is 23.8. The van der Waals surface area contributed by atoms with Crippen molar-refractivity contribution >= 4 is 24.0 Å². The minimum Gasteiger partial charge on any atom is -0.335 e. The van der Waals surface area contributed by atoms with E-state index in [0.717, 1.165) is 5.56 Å². The average Bonchev–Trinajstić information content (AvgIpc) is 2.29. The molecule has 0 N–H and O–H groups in total. The predicted octanol–water partition coefficient (Wildman–Crippen LogP) is 1.57. The lowest BCUT2D eigenvalue weighted by atomic mass is 10.2. The monoisotopic (exact) mass is 223 g/mol. The number of carbonyl (C=O) groups is 2. The Bertz CT molecular complexity index is 348. The Labute approximate surface area is 93.5 Å². The van der Waals surface area contributed by atoms with Crippen LogP contribution in [-0.4, -0.2) is 30.4 Å². The molecule has 0 aliphatic heterocycles. The highest BCUT2D eigenvalue weighted by Gasteiger charge is 2.06. The topological polar surface area (TPSA) is 37.4 Å². The molecule has 80 valence electrons. The molecule has 3 nitrogen and oxygen atoms in total. The van der Waals surface area contributed by atoms with E-state index < -0.39 is 5.91 Å². The molecule has 0 saturated carbocycles. The highest BCUT2D eigenvalue weighted by atomic mass is 32.2. The van der Waals surface area contributed by atoms with E-state index in [2.05, 4.69) is 0 Å². The molecule has 0 heterocycles. The van der Waals surface area contributed by atoms with Gasteiger partial charge in [0.05, 0.1) is 0 Å². The Balaban J connectivity index is 2.64. The van der Waals surface area contributed by atoms with E-state index in [0.29, 0.717) is 12.8 Å². The fourth-order valence-electron chi connectivity index (χ4n) is 1.17. The minimum absolute atomic E-state index is 0.330. The average molecular weight is 223 g/mol. The molecule has 15 heavy (non-hydrogen) atoms. The maximum atomic E-state index is 11.0. The normalized spacial score (nSPS) is 9.73. The Morgan fingerprint density at radius 3 is 2.47 bits per heavy atom. The van der Waals surface area contributed by atoms with E-state index in [-0.39, 0.29) is 0 Å². The summed E-state index contributed by atoms with van der Waals surface area (Å²) in [7, 11) is 1.61. The van der Waals surface area contributed by atoms with E-state index in [1.165, 1.54) is 9.80 Å². The number of hydrogen-bond acceptors (Lipinski definition) is 3. The van der Waals surface area contributed by atoms with Crippen molar-refractivity contribution in [2.45, 2.75) is 11.4 Å². The van der Waals surface area contributed by atoms with E-state index in [9.17, 15) is 9.59 Å². The molecule has 0 fully saturated rings. The van der Waals surface area contributed by atoms with Crippen LogP contribution in [0.5, 0.6) is 0 Å². The molecule has 0 aromatic heterocycles. The second kappa shape index (κ2) is 5.56. The van der Waals surface area contributed by atoms with Crippen LogP contribution in [0, 0.1) is 0 Å². The SMILES string of the molecule is CSc1ccc(CN(C)C(=O)C=O)cc1. The molecule has 0 spiro atoms. The lowest BCUT2D eigenvalue weighted by molar-refractivity contribution is -0.138. The number of aldehydes is 1. The van der Waals surface area contributed by atoms with Crippen molar-refractivity contribution in [2.24, 2.45) is 0 Å². The van der Waals surface area contributed by atoms with Gasteiger partial charge < -0.3 is 4.90 Å². The van der Waals surface area contributed by atoms with Gasteiger partial charge in [0.25, 0.3) is 5.91 Å². The molecule has 1 aromatic rings. The summed E-state index contributed by atoms with van der Waals surface area (Å²) in [6.07, 6.45) is 2.34. The molecule has 0 aliphatic rings. The lowest BCUT2D eigenvalue weighted by Gasteiger charge is -2.13. The number of nitrogens with zero attached hydrogens (tertiary/aromatic N) is 1. The van der Waals surface area contributed by atoms with Gasteiger partial charge in [-0.05, 0) is 24.0 Å². The van der Waals surface area contributed by atoms with E-state index in [1.54, 1.807) is 18.8 Å². The van der Waals surface area contributed by atoms with Gasteiger partial charge >= 0.3 is 0 Å². The number of benzene rings is 1. The fourth-order valence-corrected chi connectivity index (χ4v) is 1.58. The Morgan fingerprint density at radius 1 is 1.40 bits per heavy atom. The maximum absolute atomic E-state index is 11.0. The van der Waals surface area contributed by atoms with Crippen LogP contribution >= 0.6 is 11.8 Å². The smallest absolute Gasteiger partial charge is 0.286 e. The van der Waals surface area contributed by atoms with Crippen molar-refractivity contribution in [3.8, 4) is 0 Å². The van der Waals surface area contributed by atoms with Gasteiger partial charge in [-0.25, -0.2) is 0 Å². The third kappa shape index (κ3) is 3.40. The van der Waals surface area contributed by atoms with Gasteiger partial charge in [0.15, 0.2) is 0 Å². The van der Waals surface area contributed by atoms with Crippen molar-refractivity contribution < 1.29 is 9.59 Å². The number of rotatable bonds is 4. The largest absolute Gasteiger partial charge is 0.335 e. The zero-order valence-electron chi connectivity index (χ0n) is 8.77. The lowest BCUT2D eigenvalue weighted by Crippen LogP contribution is -2.26. The summed E-state index contributed by atoms with van der Waals surface area (Å²) in [5.41, 5.74) is 1.02. The molecule has 4 heteroatoms. The molecular weight excluding hydrogens is 210 g/mol. The molecule has 1 amide bonds. The van der Waals surface area contributed by atoms with Crippen molar-refractivity contribution in [1.82, 2.24) is 4.90 Å². The van der Waals surface area contributed by atoms with Crippen molar-refractivity contribution in [3.05, 3.63) is 29.8 Å². The Hall–Kier alpha value is -1.29. The summed E-state index contributed by atoms with van der Waals surface area (Å²) in [5.74, 6) is -0.496. The zero-order chi connectivity index (χ0) is 11.3. The standard InChI is InChI=1S/C11H13NO2S/c1-12(11(14)8-13)7-9-3-5-10(15-2)6-4-9/h3-6,8H,7H2,1-2H3. The summed E-state index contributed by atoms with van der Waals surface area (Å²) in [6.45, 7) is 0.465. The van der Waals surface area contributed by atoms with Crippen molar-refractivity contribution in [3.63, 3.8) is 0 Å². The molecule has 1 aromatic carbocycles. The third-order valence-electron chi connectivity index (χ3n) is 2.06. The first-order valence-corrected chi connectivity index (χ1v) is 5.73. The summed E-state index contributed by atoms with van der Waals surface area (Å²) >= 11 is 1.67. The van der Waals surface area contributed by atoms with Crippen molar-refractivity contribution in [1.29, 1.82) is 0 Å². The van der Waals surface area contributed by atoms with Gasteiger partial charge in [-0.2, -0.15) is 0 Å². The quantitative estimate of drug-likeness (QED) is 0.441. The summed E-state index contributed by atoms with van der Waals surface area (Å²) < 4.78 is 0. The van der Waals surface area contributed by atoms with Gasteiger partial charge in [0.1, 0.15) is 0 Å². The Morgan fingerprint density at radius 2 is 2.00 bits per heavy atom. The first kappa shape index (κ1) is 11.8. The number of hydrogen-bond donors (Lipinski definition) is 0. The third-order valence-corrected chi connectivity index (χ3v) is 2.80. The van der Waals surface area contributed by atoms with Gasteiger partial charge in [-0.1, -0.05) is 12.1 Å². The van der Waals surface area contributed by atoms with Crippen LogP contribution in [-0.2, 0) is 16.1 Å². The van der Waals surface area contributed by atoms with Gasteiger partial charge in [0, 0.05) is 18.5 Å².